The number of rotatable bonds is 12. The van der Waals surface area contributed by atoms with E-state index in [1.165, 1.54) is 6.07 Å². The quantitative estimate of drug-likeness (QED) is 0.177. The van der Waals surface area contributed by atoms with Crippen LogP contribution in [-0.4, -0.2) is 39.2 Å². The van der Waals surface area contributed by atoms with Gasteiger partial charge >= 0.3 is 5.97 Å². The number of aromatic nitrogens is 3. The Morgan fingerprint density at radius 1 is 0.757 bits per heavy atom. The van der Waals surface area contributed by atoms with E-state index in [9.17, 15) is 9.90 Å². The molecule has 0 spiro atoms. The van der Waals surface area contributed by atoms with Crippen molar-refractivity contribution in [2.45, 2.75) is 39.0 Å². The second-order valence-electron chi connectivity index (χ2n) is 8.60. The SMILES string of the molecule is CCCCCCC(=O)OCCOc1ccc(-c2nc(-c3ccccc3)nc(-c3ccccc3)n2)c(O)c1. The Bertz CT molecular complexity index is 1240. The van der Waals surface area contributed by atoms with Crippen LogP contribution in [0.5, 0.6) is 11.5 Å². The van der Waals surface area contributed by atoms with E-state index in [2.05, 4.69) is 21.9 Å². The molecule has 0 amide bonds. The highest BCUT2D eigenvalue weighted by atomic mass is 16.6. The van der Waals surface area contributed by atoms with Gasteiger partial charge in [-0.2, -0.15) is 0 Å². The van der Waals surface area contributed by atoms with Crippen LogP contribution >= 0.6 is 0 Å². The van der Waals surface area contributed by atoms with Gasteiger partial charge in [-0.1, -0.05) is 86.8 Å². The Labute approximate surface area is 217 Å². The van der Waals surface area contributed by atoms with E-state index < -0.39 is 0 Å². The van der Waals surface area contributed by atoms with Crippen molar-refractivity contribution in [1.82, 2.24) is 15.0 Å². The van der Waals surface area contributed by atoms with Gasteiger partial charge in [0.2, 0.25) is 0 Å². The van der Waals surface area contributed by atoms with Crippen LogP contribution in [0.15, 0.2) is 78.9 Å². The molecule has 4 rings (SSSR count). The van der Waals surface area contributed by atoms with E-state index in [0.717, 1.165) is 36.8 Å². The Hall–Kier alpha value is -4.26. The van der Waals surface area contributed by atoms with Crippen LogP contribution in [0.3, 0.4) is 0 Å². The highest BCUT2D eigenvalue weighted by Crippen LogP contribution is 2.32. The zero-order valence-corrected chi connectivity index (χ0v) is 21.0. The van der Waals surface area contributed by atoms with Gasteiger partial charge in [0.1, 0.15) is 24.7 Å². The van der Waals surface area contributed by atoms with Gasteiger partial charge < -0.3 is 14.6 Å². The first kappa shape index (κ1) is 25.8. The van der Waals surface area contributed by atoms with Gasteiger partial charge in [-0.15, -0.1) is 0 Å². The minimum Gasteiger partial charge on any atom is -0.507 e. The number of hydrogen-bond donors (Lipinski definition) is 1. The summed E-state index contributed by atoms with van der Waals surface area (Å²) in [5.41, 5.74) is 2.16. The summed E-state index contributed by atoms with van der Waals surface area (Å²) in [6.45, 7) is 2.49. The summed E-state index contributed by atoms with van der Waals surface area (Å²) in [7, 11) is 0. The molecule has 0 saturated heterocycles. The molecule has 3 aromatic carbocycles. The molecule has 0 aliphatic rings. The first-order chi connectivity index (χ1) is 18.1. The second kappa shape index (κ2) is 13.2. The molecule has 0 unspecified atom stereocenters. The summed E-state index contributed by atoms with van der Waals surface area (Å²) < 4.78 is 10.9. The summed E-state index contributed by atoms with van der Waals surface area (Å²) in [5, 5.41) is 10.8. The lowest BCUT2D eigenvalue weighted by Crippen LogP contribution is -2.12. The molecule has 0 fully saturated rings. The van der Waals surface area contributed by atoms with Crippen molar-refractivity contribution in [3.05, 3.63) is 78.9 Å². The fourth-order valence-electron chi connectivity index (χ4n) is 3.80. The predicted octanol–water partition coefficient (Wildman–Crippen LogP) is 6.47. The standard InChI is InChI=1S/C30H31N3O4/c1-2-3-4-11-16-27(35)37-20-19-36-24-17-18-25(26(34)21-24)30-32-28(22-12-7-5-8-13-22)31-29(33-30)23-14-9-6-10-15-23/h5-10,12-15,17-18,21,34H,2-4,11,16,19-20H2,1H3. The number of phenolic OH excluding ortho intramolecular Hbond substituents is 1. The zero-order chi connectivity index (χ0) is 25.9. The molecule has 37 heavy (non-hydrogen) atoms. The van der Waals surface area contributed by atoms with Crippen molar-refractivity contribution < 1.29 is 19.4 Å². The first-order valence-electron chi connectivity index (χ1n) is 12.6. The minimum absolute atomic E-state index is 0.0188. The lowest BCUT2D eigenvalue weighted by molar-refractivity contribution is -0.144. The normalized spacial score (nSPS) is 10.7. The Morgan fingerprint density at radius 3 is 1.97 bits per heavy atom. The molecular formula is C30H31N3O4. The molecule has 0 saturated carbocycles. The maximum absolute atomic E-state index is 11.8. The van der Waals surface area contributed by atoms with Gasteiger partial charge in [0.05, 0.1) is 5.56 Å². The van der Waals surface area contributed by atoms with E-state index in [-0.39, 0.29) is 24.9 Å². The van der Waals surface area contributed by atoms with E-state index in [1.54, 1.807) is 12.1 Å². The monoisotopic (exact) mass is 497 g/mol. The highest BCUT2D eigenvalue weighted by Gasteiger charge is 2.15. The van der Waals surface area contributed by atoms with E-state index >= 15 is 0 Å². The third kappa shape index (κ3) is 7.36. The topological polar surface area (TPSA) is 94.4 Å². The molecule has 0 atom stereocenters. The third-order valence-electron chi connectivity index (χ3n) is 5.76. The summed E-state index contributed by atoms with van der Waals surface area (Å²) in [4.78, 5) is 25.7. The summed E-state index contributed by atoms with van der Waals surface area (Å²) in [6, 6.07) is 24.3. The molecule has 1 heterocycles. The number of unbranched alkanes of at least 4 members (excludes halogenated alkanes) is 3. The van der Waals surface area contributed by atoms with Crippen molar-refractivity contribution >= 4 is 5.97 Å². The van der Waals surface area contributed by atoms with Crippen LogP contribution in [0.25, 0.3) is 34.2 Å². The molecule has 0 radical (unpaired) electrons. The maximum Gasteiger partial charge on any atom is 0.305 e. The van der Waals surface area contributed by atoms with Gasteiger partial charge in [0.15, 0.2) is 17.5 Å². The Kier molecular flexibility index (Phi) is 9.18. The van der Waals surface area contributed by atoms with E-state index in [0.29, 0.717) is 35.2 Å². The fourth-order valence-corrected chi connectivity index (χ4v) is 3.80. The Morgan fingerprint density at radius 2 is 1.38 bits per heavy atom. The van der Waals surface area contributed by atoms with Crippen LogP contribution in [-0.2, 0) is 9.53 Å². The van der Waals surface area contributed by atoms with Crippen molar-refractivity contribution in [3.8, 4) is 45.7 Å². The van der Waals surface area contributed by atoms with E-state index in [1.807, 2.05) is 60.7 Å². The third-order valence-corrected chi connectivity index (χ3v) is 5.76. The van der Waals surface area contributed by atoms with Crippen LogP contribution in [0, 0.1) is 0 Å². The van der Waals surface area contributed by atoms with Crippen LogP contribution in [0.1, 0.15) is 39.0 Å². The largest absolute Gasteiger partial charge is 0.507 e. The van der Waals surface area contributed by atoms with Gasteiger partial charge in [-0.05, 0) is 18.6 Å². The molecule has 4 aromatic rings. The molecule has 7 nitrogen and oxygen atoms in total. The van der Waals surface area contributed by atoms with Gasteiger partial charge in [0, 0.05) is 23.6 Å². The van der Waals surface area contributed by atoms with Gasteiger partial charge in [0.25, 0.3) is 0 Å². The average Bonchev–Trinajstić information content (AvgIpc) is 2.94. The molecule has 0 aliphatic heterocycles. The van der Waals surface area contributed by atoms with Crippen molar-refractivity contribution in [3.63, 3.8) is 0 Å². The smallest absolute Gasteiger partial charge is 0.305 e. The molecule has 7 heteroatoms. The van der Waals surface area contributed by atoms with Crippen LogP contribution < -0.4 is 4.74 Å². The summed E-state index contributed by atoms with van der Waals surface area (Å²) in [5.74, 6) is 1.61. The van der Waals surface area contributed by atoms with Crippen LogP contribution in [0.2, 0.25) is 0 Å². The maximum atomic E-state index is 11.8. The number of esters is 1. The average molecular weight is 498 g/mol. The summed E-state index contributed by atoms with van der Waals surface area (Å²) >= 11 is 0. The first-order valence-corrected chi connectivity index (χ1v) is 12.6. The summed E-state index contributed by atoms with van der Waals surface area (Å²) in [6.07, 6.45) is 4.57. The fraction of sp³-hybridized carbons (Fsp3) is 0.267. The Balaban J connectivity index is 1.47. The number of carbonyl (C=O) groups is 1. The number of hydrogen-bond acceptors (Lipinski definition) is 7. The van der Waals surface area contributed by atoms with Crippen molar-refractivity contribution in [1.29, 1.82) is 0 Å². The number of ether oxygens (including phenoxy) is 2. The number of nitrogens with zero attached hydrogens (tertiary/aromatic N) is 3. The molecular weight excluding hydrogens is 466 g/mol. The lowest BCUT2D eigenvalue weighted by atomic mass is 10.1. The number of carbonyl (C=O) groups excluding carboxylic acids is 1. The highest BCUT2D eigenvalue weighted by molar-refractivity contribution is 5.70. The number of phenols is 1. The lowest BCUT2D eigenvalue weighted by Gasteiger charge is -2.11. The minimum atomic E-state index is -0.212. The van der Waals surface area contributed by atoms with Crippen LogP contribution in [0.4, 0.5) is 0 Å². The van der Waals surface area contributed by atoms with E-state index in [4.69, 9.17) is 9.47 Å². The predicted molar refractivity (Wildman–Crippen MR) is 143 cm³/mol. The van der Waals surface area contributed by atoms with Gasteiger partial charge in [-0.3, -0.25) is 4.79 Å². The zero-order valence-electron chi connectivity index (χ0n) is 21.0. The molecule has 1 aromatic heterocycles. The number of benzene rings is 3. The molecule has 0 bridgehead atoms. The van der Waals surface area contributed by atoms with Gasteiger partial charge in [-0.25, -0.2) is 15.0 Å². The van der Waals surface area contributed by atoms with Crippen molar-refractivity contribution in [2.75, 3.05) is 13.2 Å². The van der Waals surface area contributed by atoms with Crippen molar-refractivity contribution in [2.24, 2.45) is 0 Å². The molecule has 1 N–H and O–H groups in total. The molecule has 0 aliphatic carbocycles. The second-order valence-corrected chi connectivity index (χ2v) is 8.60. The number of aromatic hydroxyl groups is 1. The molecule has 190 valence electrons.